The molecule has 2 rings (SSSR count). The lowest BCUT2D eigenvalue weighted by Gasteiger charge is -2.31. The topological polar surface area (TPSA) is 21.3 Å². The maximum Gasteiger partial charge on any atom is 0.0640 e. The number of para-hydroxylation sites is 1. The quantitative estimate of drug-likeness (QED) is 0.873. The van der Waals surface area contributed by atoms with Crippen molar-refractivity contribution >= 4 is 17.3 Å². The predicted octanol–water partition coefficient (Wildman–Crippen LogP) is 4.41. The minimum atomic E-state index is 0.407. The summed E-state index contributed by atoms with van der Waals surface area (Å²) in [6, 6.07) is 6.51. The van der Waals surface area contributed by atoms with Crippen LogP contribution in [0.3, 0.4) is 0 Å². The molecule has 0 spiro atoms. The highest BCUT2D eigenvalue weighted by molar-refractivity contribution is 6.33. The van der Waals surface area contributed by atoms with E-state index in [1.807, 2.05) is 12.1 Å². The fraction of sp³-hybridized carbons (Fsp3) is 0.600. The number of rotatable bonds is 4. The summed E-state index contributed by atoms with van der Waals surface area (Å²) < 4.78 is 5.77. The lowest BCUT2D eigenvalue weighted by atomic mass is 9.99. The molecule has 1 aromatic rings. The van der Waals surface area contributed by atoms with E-state index < -0.39 is 0 Å². The van der Waals surface area contributed by atoms with Crippen LogP contribution in [0.15, 0.2) is 18.2 Å². The number of hydrogen-bond donors (Lipinski definition) is 1. The Bertz CT molecular complexity index is 372. The first-order chi connectivity index (χ1) is 8.70. The second-order valence-electron chi connectivity index (χ2n) is 5.08. The van der Waals surface area contributed by atoms with Gasteiger partial charge in [-0.3, -0.25) is 0 Å². The van der Waals surface area contributed by atoms with Gasteiger partial charge in [-0.05, 0) is 37.8 Å². The van der Waals surface area contributed by atoms with Gasteiger partial charge in [0.25, 0.3) is 0 Å². The molecular weight excluding hydrogens is 246 g/mol. The molecule has 1 saturated heterocycles. The third kappa shape index (κ3) is 3.39. The van der Waals surface area contributed by atoms with Crippen molar-refractivity contribution < 1.29 is 4.74 Å². The smallest absolute Gasteiger partial charge is 0.0640 e. The van der Waals surface area contributed by atoms with Crippen LogP contribution in [-0.2, 0) is 4.74 Å². The average Bonchev–Trinajstić information content (AvgIpc) is 2.35. The molecule has 0 bridgehead atoms. The molecule has 1 aliphatic rings. The van der Waals surface area contributed by atoms with E-state index in [9.17, 15) is 0 Å². The summed E-state index contributed by atoms with van der Waals surface area (Å²) in [5.74, 6) is 0. The zero-order valence-electron chi connectivity index (χ0n) is 11.2. The normalized spacial score (nSPS) is 23.9. The molecule has 0 saturated carbocycles. The van der Waals surface area contributed by atoms with Crippen LogP contribution < -0.4 is 5.32 Å². The maximum absolute atomic E-state index is 6.25. The molecule has 3 heteroatoms. The second kappa shape index (κ2) is 6.44. The highest BCUT2D eigenvalue weighted by atomic mass is 35.5. The largest absolute Gasteiger partial charge is 0.381 e. The highest BCUT2D eigenvalue weighted by Gasteiger charge is 2.22. The fourth-order valence-electron chi connectivity index (χ4n) is 2.55. The summed E-state index contributed by atoms with van der Waals surface area (Å²) in [7, 11) is 0. The van der Waals surface area contributed by atoms with Gasteiger partial charge >= 0.3 is 0 Å². The molecule has 0 amide bonds. The van der Waals surface area contributed by atoms with Crippen LogP contribution in [0.2, 0.25) is 5.02 Å². The summed E-state index contributed by atoms with van der Waals surface area (Å²) in [6.07, 6.45) is 4.88. The zero-order chi connectivity index (χ0) is 13.0. The van der Waals surface area contributed by atoms with Crippen LogP contribution in [-0.4, -0.2) is 18.8 Å². The lowest BCUT2D eigenvalue weighted by Crippen LogP contribution is -2.34. The van der Waals surface area contributed by atoms with Crippen molar-refractivity contribution in [2.75, 3.05) is 11.9 Å². The van der Waals surface area contributed by atoms with E-state index in [4.69, 9.17) is 16.3 Å². The first-order valence-electron chi connectivity index (χ1n) is 6.84. The van der Waals surface area contributed by atoms with Crippen molar-refractivity contribution in [2.24, 2.45) is 0 Å². The van der Waals surface area contributed by atoms with Gasteiger partial charge < -0.3 is 10.1 Å². The second-order valence-corrected chi connectivity index (χ2v) is 5.49. The Balaban J connectivity index is 2.00. The van der Waals surface area contributed by atoms with Crippen LogP contribution in [0, 0.1) is 6.92 Å². The SMILES string of the molecule is CCCC1CC(Nc2c(C)cccc2Cl)CCO1. The number of hydrogen-bond acceptors (Lipinski definition) is 2. The molecule has 1 fully saturated rings. The summed E-state index contributed by atoms with van der Waals surface area (Å²) in [5.41, 5.74) is 2.29. The highest BCUT2D eigenvalue weighted by Crippen LogP contribution is 2.29. The number of anilines is 1. The van der Waals surface area contributed by atoms with Gasteiger partial charge in [0.1, 0.15) is 0 Å². The van der Waals surface area contributed by atoms with Gasteiger partial charge in [0.2, 0.25) is 0 Å². The molecular formula is C15H22ClNO. The summed E-state index contributed by atoms with van der Waals surface area (Å²) in [4.78, 5) is 0. The van der Waals surface area contributed by atoms with E-state index in [2.05, 4.69) is 25.2 Å². The molecule has 1 heterocycles. The molecule has 2 atom stereocenters. The van der Waals surface area contributed by atoms with E-state index >= 15 is 0 Å². The fourth-order valence-corrected chi connectivity index (χ4v) is 2.83. The van der Waals surface area contributed by atoms with Crippen LogP contribution in [0.4, 0.5) is 5.69 Å². The van der Waals surface area contributed by atoms with Crippen LogP contribution in [0.25, 0.3) is 0 Å². The Morgan fingerprint density at radius 3 is 3.00 bits per heavy atom. The number of benzene rings is 1. The molecule has 2 nitrogen and oxygen atoms in total. The van der Waals surface area contributed by atoms with Crippen molar-refractivity contribution in [1.29, 1.82) is 0 Å². The van der Waals surface area contributed by atoms with Crippen LogP contribution >= 0.6 is 11.6 Å². The Morgan fingerprint density at radius 1 is 1.44 bits per heavy atom. The Morgan fingerprint density at radius 2 is 2.28 bits per heavy atom. The lowest BCUT2D eigenvalue weighted by molar-refractivity contribution is 0.00597. The number of nitrogens with one attached hydrogen (secondary N) is 1. The molecule has 2 unspecified atom stereocenters. The molecule has 18 heavy (non-hydrogen) atoms. The van der Waals surface area contributed by atoms with Gasteiger partial charge in [0.15, 0.2) is 0 Å². The average molecular weight is 268 g/mol. The number of halogens is 1. The van der Waals surface area contributed by atoms with Crippen molar-refractivity contribution in [1.82, 2.24) is 0 Å². The van der Waals surface area contributed by atoms with E-state index in [1.165, 1.54) is 12.0 Å². The molecule has 1 aromatic carbocycles. The Labute approximate surface area is 115 Å². The standard InChI is InChI=1S/C15H22ClNO/c1-3-5-13-10-12(8-9-18-13)17-15-11(2)6-4-7-14(15)16/h4,6-7,12-13,17H,3,5,8-10H2,1-2H3. The Kier molecular flexibility index (Phi) is 4.90. The van der Waals surface area contributed by atoms with E-state index in [1.54, 1.807) is 0 Å². The monoisotopic (exact) mass is 267 g/mol. The van der Waals surface area contributed by atoms with Crippen molar-refractivity contribution in [3.8, 4) is 0 Å². The third-order valence-corrected chi connectivity index (χ3v) is 3.86. The molecule has 0 aromatic heterocycles. The third-order valence-electron chi connectivity index (χ3n) is 3.55. The minimum Gasteiger partial charge on any atom is -0.381 e. The van der Waals surface area contributed by atoms with Crippen molar-refractivity contribution in [3.63, 3.8) is 0 Å². The predicted molar refractivity (Wildman–Crippen MR) is 77.5 cm³/mol. The van der Waals surface area contributed by atoms with Crippen LogP contribution in [0.1, 0.15) is 38.2 Å². The van der Waals surface area contributed by atoms with Crippen molar-refractivity contribution in [3.05, 3.63) is 28.8 Å². The first-order valence-corrected chi connectivity index (χ1v) is 7.21. The molecule has 0 aliphatic carbocycles. The van der Waals surface area contributed by atoms with E-state index in [0.29, 0.717) is 12.1 Å². The molecule has 0 radical (unpaired) electrons. The van der Waals surface area contributed by atoms with E-state index in [-0.39, 0.29) is 0 Å². The minimum absolute atomic E-state index is 0.407. The molecule has 100 valence electrons. The Hall–Kier alpha value is -0.730. The number of ether oxygens (including phenoxy) is 1. The summed E-state index contributed by atoms with van der Waals surface area (Å²) >= 11 is 6.25. The number of aryl methyl sites for hydroxylation is 1. The van der Waals surface area contributed by atoms with E-state index in [0.717, 1.165) is 36.6 Å². The molecule has 1 N–H and O–H groups in total. The van der Waals surface area contributed by atoms with Gasteiger partial charge in [0, 0.05) is 12.6 Å². The maximum atomic E-state index is 6.25. The van der Waals surface area contributed by atoms with Crippen LogP contribution in [0.5, 0.6) is 0 Å². The van der Waals surface area contributed by atoms with Gasteiger partial charge in [-0.25, -0.2) is 0 Å². The molecule has 1 aliphatic heterocycles. The summed E-state index contributed by atoms with van der Waals surface area (Å²) in [6.45, 7) is 5.15. The van der Waals surface area contributed by atoms with Gasteiger partial charge in [-0.1, -0.05) is 37.1 Å². The summed E-state index contributed by atoms with van der Waals surface area (Å²) in [5, 5.41) is 4.41. The van der Waals surface area contributed by atoms with Gasteiger partial charge in [0.05, 0.1) is 16.8 Å². The first kappa shape index (κ1) is 13.7. The van der Waals surface area contributed by atoms with Gasteiger partial charge in [-0.15, -0.1) is 0 Å². The zero-order valence-corrected chi connectivity index (χ0v) is 12.0. The van der Waals surface area contributed by atoms with Gasteiger partial charge in [-0.2, -0.15) is 0 Å². The van der Waals surface area contributed by atoms with Crippen molar-refractivity contribution in [2.45, 2.75) is 51.7 Å².